The van der Waals surface area contributed by atoms with Crippen LogP contribution >= 0.6 is 0 Å². The van der Waals surface area contributed by atoms with Gasteiger partial charge in [-0.05, 0) is 25.0 Å². The van der Waals surface area contributed by atoms with E-state index in [-0.39, 0.29) is 23.6 Å². The molecule has 0 saturated heterocycles. The number of amides is 1. The Balaban J connectivity index is 1.93. The van der Waals surface area contributed by atoms with Gasteiger partial charge in [-0.2, -0.15) is 0 Å². The maximum Gasteiger partial charge on any atom is 0.239 e. The summed E-state index contributed by atoms with van der Waals surface area (Å²) in [5.74, 6) is 0.911. The third-order valence-corrected chi connectivity index (χ3v) is 3.75. The van der Waals surface area contributed by atoms with Gasteiger partial charge in [0, 0.05) is 18.3 Å². The summed E-state index contributed by atoms with van der Waals surface area (Å²) in [6, 6.07) is 9.18. The van der Waals surface area contributed by atoms with Gasteiger partial charge in [-0.3, -0.25) is 9.59 Å². The normalized spacial score (nSPS) is 10.3. The fourth-order valence-electron chi connectivity index (χ4n) is 2.43. The number of rotatable bonds is 7. The number of carbonyl (C=O) groups excluding carboxylic acids is 1. The first-order valence-corrected chi connectivity index (χ1v) is 7.69. The van der Waals surface area contributed by atoms with Crippen LogP contribution < -0.4 is 20.2 Å². The maximum atomic E-state index is 12.1. The molecule has 0 fully saturated rings. The summed E-state index contributed by atoms with van der Waals surface area (Å²) in [5.41, 5.74) is 1.56. The molecular formula is C18H22N2O4. The van der Waals surface area contributed by atoms with Crippen molar-refractivity contribution in [3.63, 3.8) is 0 Å². The molecule has 0 aliphatic rings. The smallest absolute Gasteiger partial charge is 0.239 e. The molecule has 1 heterocycles. The standard InChI is InChI=1S/C18H22N2O4/c1-13-10-15(21)17(24-3)11-20(13)12-18(22)19-9-8-14-6-4-5-7-16(14)23-2/h4-7,10-11H,8-9,12H2,1-3H3,(H,19,22). The number of hydrogen-bond acceptors (Lipinski definition) is 4. The van der Waals surface area contributed by atoms with Gasteiger partial charge >= 0.3 is 0 Å². The van der Waals surface area contributed by atoms with Crippen LogP contribution in [0.4, 0.5) is 0 Å². The molecule has 0 aliphatic carbocycles. The molecule has 0 bridgehead atoms. The van der Waals surface area contributed by atoms with Gasteiger partial charge in [-0.15, -0.1) is 0 Å². The lowest BCUT2D eigenvalue weighted by molar-refractivity contribution is -0.121. The number of carbonyl (C=O) groups is 1. The Morgan fingerprint density at radius 1 is 1.17 bits per heavy atom. The third-order valence-electron chi connectivity index (χ3n) is 3.75. The Bertz CT molecular complexity index is 768. The summed E-state index contributed by atoms with van der Waals surface area (Å²) in [4.78, 5) is 23.8. The maximum absolute atomic E-state index is 12.1. The van der Waals surface area contributed by atoms with Gasteiger partial charge in [0.25, 0.3) is 0 Å². The van der Waals surface area contributed by atoms with Crippen LogP contribution in [0.3, 0.4) is 0 Å². The van der Waals surface area contributed by atoms with Crippen LogP contribution in [0.25, 0.3) is 0 Å². The fourth-order valence-corrected chi connectivity index (χ4v) is 2.43. The van der Waals surface area contributed by atoms with Crippen LogP contribution in [-0.4, -0.2) is 31.2 Å². The van der Waals surface area contributed by atoms with E-state index in [4.69, 9.17) is 9.47 Å². The van der Waals surface area contributed by atoms with Crippen molar-refractivity contribution in [3.8, 4) is 11.5 Å². The summed E-state index contributed by atoms with van der Waals surface area (Å²) in [5, 5.41) is 2.88. The number of benzene rings is 1. The summed E-state index contributed by atoms with van der Waals surface area (Å²) < 4.78 is 12.0. The number of ether oxygens (including phenoxy) is 2. The second-order valence-corrected chi connectivity index (χ2v) is 5.39. The Kier molecular flexibility index (Phi) is 6.01. The predicted molar refractivity (Wildman–Crippen MR) is 91.7 cm³/mol. The molecule has 2 aromatic rings. The third kappa shape index (κ3) is 4.38. The summed E-state index contributed by atoms with van der Waals surface area (Å²) in [6.45, 7) is 2.42. The molecule has 128 valence electrons. The molecule has 0 radical (unpaired) electrons. The van der Waals surface area contributed by atoms with E-state index in [1.54, 1.807) is 24.8 Å². The topological polar surface area (TPSA) is 69.6 Å². The van der Waals surface area contributed by atoms with Crippen LogP contribution in [0.5, 0.6) is 11.5 Å². The molecule has 0 atom stereocenters. The minimum atomic E-state index is -0.192. The van der Waals surface area contributed by atoms with Gasteiger partial charge in [-0.25, -0.2) is 0 Å². The molecule has 1 amide bonds. The summed E-state index contributed by atoms with van der Waals surface area (Å²) in [6.07, 6.45) is 2.24. The Morgan fingerprint density at radius 2 is 1.88 bits per heavy atom. The second kappa shape index (κ2) is 8.19. The zero-order chi connectivity index (χ0) is 17.5. The summed E-state index contributed by atoms with van der Waals surface area (Å²) in [7, 11) is 3.06. The molecule has 1 N–H and O–H groups in total. The van der Waals surface area contributed by atoms with Crippen molar-refractivity contribution in [2.24, 2.45) is 0 Å². The van der Waals surface area contributed by atoms with Crippen molar-refractivity contribution in [1.29, 1.82) is 0 Å². The van der Waals surface area contributed by atoms with Crippen molar-refractivity contribution in [3.05, 3.63) is 58.0 Å². The second-order valence-electron chi connectivity index (χ2n) is 5.39. The SMILES string of the molecule is COc1ccccc1CCNC(=O)Cn1cc(OC)c(=O)cc1C. The van der Waals surface area contributed by atoms with Gasteiger partial charge in [0.15, 0.2) is 5.75 Å². The van der Waals surface area contributed by atoms with Crippen LogP contribution in [0, 0.1) is 6.92 Å². The first-order chi connectivity index (χ1) is 11.5. The Morgan fingerprint density at radius 3 is 2.58 bits per heavy atom. The number of methoxy groups -OCH3 is 2. The van der Waals surface area contributed by atoms with Crippen LogP contribution in [0.15, 0.2) is 41.3 Å². The van der Waals surface area contributed by atoms with E-state index in [1.807, 2.05) is 24.3 Å². The average molecular weight is 330 g/mol. The minimum Gasteiger partial charge on any atom is -0.496 e. The molecule has 0 spiro atoms. The van der Waals surface area contributed by atoms with Crippen molar-refractivity contribution in [1.82, 2.24) is 9.88 Å². The largest absolute Gasteiger partial charge is 0.496 e. The van der Waals surface area contributed by atoms with Crippen LogP contribution in [0.2, 0.25) is 0 Å². The number of nitrogens with one attached hydrogen (secondary N) is 1. The first-order valence-electron chi connectivity index (χ1n) is 7.69. The highest BCUT2D eigenvalue weighted by Gasteiger charge is 2.08. The number of para-hydroxylation sites is 1. The van der Waals surface area contributed by atoms with Gasteiger partial charge < -0.3 is 19.4 Å². The lowest BCUT2D eigenvalue weighted by Gasteiger charge is -2.13. The lowest BCUT2D eigenvalue weighted by Crippen LogP contribution is -2.30. The van der Waals surface area contributed by atoms with Crippen molar-refractivity contribution < 1.29 is 14.3 Å². The van der Waals surface area contributed by atoms with Gasteiger partial charge in [-0.1, -0.05) is 18.2 Å². The minimum absolute atomic E-state index is 0.126. The van der Waals surface area contributed by atoms with E-state index < -0.39 is 0 Å². The van der Waals surface area contributed by atoms with E-state index in [0.717, 1.165) is 11.3 Å². The number of aromatic nitrogens is 1. The Hall–Kier alpha value is -2.76. The lowest BCUT2D eigenvalue weighted by atomic mass is 10.1. The zero-order valence-electron chi connectivity index (χ0n) is 14.2. The highest BCUT2D eigenvalue weighted by atomic mass is 16.5. The van der Waals surface area contributed by atoms with Gasteiger partial charge in [0.1, 0.15) is 12.3 Å². The molecule has 0 saturated carbocycles. The quantitative estimate of drug-likeness (QED) is 0.836. The molecule has 6 heteroatoms. The van der Waals surface area contributed by atoms with Gasteiger partial charge in [0.2, 0.25) is 11.3 Å². The molecule has 1 aromatic carbocycles. The molecular weight excluding hydrogens is 308 g/mol. The van der Waals surface area contributed by atoms with E-state index in [1.165, 1.54) is 13.2 Å². The Labute approximate surface area is 141 Å². The molecule has 0 unspecified atom stereocenters. The molecule has 0 aliphatic heterocycles. The van der Waals surface area contributed by atoms with Crippen molar-refractivity contribution >= 4 is 5.91 Å². The zero-order valence-corrected chi connectivity index (χ0v) is 14.2. The van der Waals surface area contributed by atoms with E-state index in [0.29, 0.717) is 18.7 Å². The monoisotopic (exact) mass is 330 g/mol. The molecule has 24 heavy (non-hydrogen) atoms. The average Bonchev–Trinajstić information content (AvgIpc) is 2.57. The number of hydrogen-bond donors (Lipinski definition) is 1. The fraction of sp³-hybridized carbons (Fsp3) is 0.333. The van der Waals surface area contributed by atoms with Crippen molar-refractivity contribution in [2.45, 2.75) is 19.9 Å². The van der Waals surface area contributed by atoms with Crippen LogP contribution in [0.1, 0.15) is 11.3 Å². The van der Waals surface area contributed by atoms with E-state index in [9.17, 15) is 9.59 Å². The predicted octanol–water partition coefficient (Wildman–Crippen LogP) is 1.53. The van der Waals surface area contributed by atoms with E-state index in [2.05, 4.69) is 5.32 Å². The molecule has 1 aromatic heterocycles. The molecule has 6 nitrogen and oxygen atoms in total. The highest BCUT2D eigenvalue weighted by molar-refractivity contribution is 5.75. The van der Waals surface area contributed by atoms with Crippen molar-refractivity contribution in [2.75, 3.05) is 20.8 Å². The highest BCUT2D eigenvalue weighted by Crippen LogP contribution is 2.17. The summed E-state index contributed by atoms with van der Waals surface area (Å²) >= 11 is 0. The molecule has 2 rings (SSSR count). The number of aryl methyl sites for hydroxylation is 1. The van der Waals surface area contributed by atoms with Crippen LogP contribution in [-0.2, 0) is 17.8 Å². The van der Waals surface area contributed by atoms with Gasteiger partial charge in [0.05, 0.1) is 20.4 Å². The number of pyridine rings is 1. The van der Waals surface area contributed by atoms with E-state index >= 15 is 0 Å². The number of nitrogens with zero attached hydrogens (tertiary/aromatic N) is 1. The first kappa shape index (κ1) is 17.6.